The first-order chi connectivity index (χ1) is 8.27. The van der Waals surface area contributed by atoms with Crippen LogP contribution in [0.5, 0.6) is 0 Å². The quantitative estimate of drug-likeness (QED) is 0.736. The minimum absolute atomic E-state index is 0.178. The van der Waals surface area contributed by atoms with Gasteiger partial charge in [-0.15, -0.1) is 0 Å². The maximum absolute atomic E-state index is 13.8. The molecule has 0 saturated heterocycles. The molecule has 0 aromatic heterocycles. The number of benzene rings is 2. The van der Waals surface area contributed by atoms with E-state index in [2.05, 4.69) is 0 Å². The number of hydrogen-bond donors (Lipinski definition) is 0. The van der Waals surface area contributed by atoms with Crippen LogP contribution in [-0.4, -0.2) is 6.29 Å². The van der Waals surface area contributed by atoms with Crippen LogP contribution < -0.4 is 0 Å². The molecule has 0 atom stereocenters. The van der Waals surface area contributed by atoms with E-state index in [1.165, 1.54) is 18.2 Å². The van der Waals surface area contributed by atoms with Crippen LogP contribution in [0.25, 0.3) is 11.1 Å². The Bertz CT molecular complexity index is 614. The molecule has 0 N–H and O–H groups in total. The van der Waals surface area contributed by atoms with Crippen molar-refractivity contribution in [3.8, 4) is 17.2 Å². The van der Waals surface area contributed by atoms with Crippen molar-refractivity contribution in [1.82, 2.24) is 0 Å². The molecule has 0 aliphatic carbocycles. The molecule has 0 aliphatic heterocycles. The van der Waals surface area contributed by atoms with Crippen LogP contribution in [0, 0.1) is 17.1 Å². The molecule has 0 unspecified atom stereocenters. The lowest BCUT2D eigenvalue weighted by Gasteiger charge is -2.07. The van der Waals surface area contributed by atoms with Crippen molar-refractivity contribution in [3.05, 3.63) is 59.4 Å². The number of rotatable bonds is 2. The highest BCUT2D eigenvalue weighted by atomic mass is 19.1. The normalized spacial score (nSPS) is 9.65. The predicted molar refractivity (Wildman–Crippen MR) is 61.9 cm³/mol. The number of hydrogen-bond acceptors (Lipinski definition) is 2. The fourth-order valence-electron chi connectivity index (χ4n) is 1.72. The third-order valence-electron chi connectivity index (χ3n) is 2.49. The van der Waals surface area contributed by atoms with Gasteiger partial charge in [-0.25, -0.2) is 4.39 Å². The number of nitriles is 1. The molecule has 0 spiro atoms. The summed E-state index contributed by atoms with van der Waals surface area (Å²) in [6.45, 7) is 0. The first kappa shape index (κ1) is 11.0. The first-order valence-corrected chi connectivity index (χ1v) is 5.01. The Hall–Kier alpha value is -2.47. The van der Waals surface area contributed by atoms with Gasteiger partial charge in [-0.1, -0.05) is 30.3 Å². The highest BCUT2D eigenvalue weighted by Crippen LogP contribution is 2.28. The van der Waals surface area contributed by atoms with Gasteiger partial charge in [0, 0.05) is 11.1 Å². The Labute approximate surface area is 97.9 Å². The summed E-state index contributed by atoms with van der Waals surface area (Å²) in [5.41, 5.74) is 1.21. The number of halogens is 1. The number of aldehydes is 1. The molecule has 3 heteroatoms. The van der Waals surface area contributed by atoms with Gasteiger partial charge in [0.15, 0.2) is 6.29 Å². The fourth-order valence-corrected chi connectivity index (χ4v) is 1.72. The smallest absolute Gasteiger partial charge is 0.150 e. The molecule has 0 amide bonds. The van der Waals surface area contributed by atoms with E-state index in [1.54, 1.807) is 24.3 Å². The van der Waals surface area contributed by atoms with E-state index < -0.39 is 5.82 Å². The Balaban J connectivity index is 2.77. The molecule has 0 fully saturated rings. The van der Waals surface area contributed by atoms with Crippen molar-refractivity contribution in [2.24, 2.45) is 0 Å². The van der Waals surface area contributed by atoms with Gasteiger partial charge >= 0.3 is 0 Å². The lowest BCUT2D eigenvalue weighted by molar-refractivity contribution is 0.112. The summed E-state index contributed by atoms with van der Waals surface area (Å²) >= 11 is 0. The zero-order valence-corrected chi connectivity index (χ0v) is 8.85. The van der Waals surface area contributed by atoms with Crippen LogP contribution in [0.15, 0.2) is 42.5 Å². The average Bonchev–Trinajstić information content (AvgIpc) is 2.38. The predicted octanol–water partition coefficient (Wildman–Crippen LogP) is 3.18. The summed E-state index contributed by atoms with van der Waals surface area (Å²) in [5.74, 6) is -0.502. The summed E-state index contributed by atoms with van der Waals surface area (Å²) in [5, 5.41) is 8.96. The molecule has 82 valence electrons. The Morgan fingerprint density at radius 3 is 2.59 bits per heavy atom. The van der Waals surface area contributed by atoms with Gasteiger partial charge in [-0.2, -0.15) is 5.26 Å². The highest BCUT2D eigenvalue weighted by Gasteiger charge is 2.13. The maximum atomic E-state index is 13.8. The number of carbonyl (C=O) groups excluding carboxylic acids is 1. The molecule has 0 heterocycles. The number of carbonyl (C=O) groups is 1. The van der Waals surface area contributed by atoms with E-state index in [1.807, 2.05) is 6.07 Å². The molecule has 0 bridgehead atoms. The van der Waals surface area contributed by atoms with E-state index in [-0.39, 0.29) is 11.1 Å². The van der Waals surface area contributed by atoms with Gasteiger partial charge < -0.3 is 0 Å². The molecular formula is C14H8FNO. The van der Waals surface area contributed by atoms with Crippen molar-refractivity contribution in [2.45, 2.75) is 0 Å². The van der Waals surface area contributed by atoms with Crippen LogP contribution in [0.3, 0.4) is 0 Å². The standard InChI is InChI=1S/C14H8FNO/c15-13-7-3-5-10(8-16)14(13)12-6-2-1-4-11(12)9-17/h1-7,9H. The molecule has 0 saturated carbocycles. The zero-order valence-electron chi connectivity index (χ0n) is 8.85. The monoisotopic (exact) mass is 225 g/mol. The Morgan fingerprint density at radius 1 is 1.12 bits per heavy atom. The molecule has 2 nitrogen and oxygen atoms in total. The minimum Gasteiger partial charge on any atom is -0.298 e. The number of nitrogens with zero attached hydrogens (tertiary/aromatic N) is 1. The molecule has 2 aromatic rings. The van der Waals surface area contributed by atoms with E-state index in [4.69, 9.17) is 5.26 Å². The second-order valence-corrected chi connectivity index (χ2v) is 3.48. The molecule has 2 aromatic carbocycles. The fraction of sp³-hybridized carbons (Fsp3) is 0. The summed E-state index contributed by atoms with van der Waals surface area (Å²) in [4.78, 5) is 10.9. The van der Waals surface area contributed by atoms with E-state index in [9.17, 15) is 9.18 Å². The largest absolute Gasteiger partial charge is 0.298 e. The van der Waals surface area contributed by atoms with Crippen molar-refractivity contribution in [1.29, 1.82) is 5.26 Å². The lowest BCUT2D eigenvalue weighted by atomic mass is 9.96. The topological polar surface area (TPSA) is 40.9 Å². The first-order valence-electron chi connectivity index (χ1n) is 5.01. The van der Waals surface area contributed by atoms with Gasteiger partial charge in [0.05, 0.1) is 11.6 Å². The second kappa shape index (κ2) is 4.58. The van der Waals surface area contributed by atoms with Gasteiger partial charge in [-0.05, 0) is 17.7 Å². The van der Waals surface area contributed by atoms with Gasteiger partial charge in [0.25, 0.3) is 0 Å². The summed E-state index contributed by atoms with van der Waals surface area (Å²) < 4.78 is 13.8. The zero-order chi connectivity index (χ0) is 12.3. The summed E-state index contributed by atoms with van der Waals surface area (Å²) in [6.07, 6.45) is 0.656. The molecular weight excluding hydrogens is 217 g/mol. The van der Waals surface area contributed by atoms with Crippen LogP contribution in [-0.2, 0) is 0 Å². The summed E-state index contributed by atoms with van der Waals surface area (Å²) in [6, 6.07) is 12.8. The maximum Gasteiger partial charge on any atom is 0.150 e. The van der Waals surface area contributed by atoms with Gasteiger partial charge in [0.1, 0.15) is 5.82 Å². The van der Waals surface area contributed by atoms with Crippen molar-refractivity contribution in [2.75, 3.05) is 0 Å². The van der Waals surface area contributed by atoms with Crippen LogP contribution in [0.2, 0.25) is 0 Å². The lowest BCUT2D eigenvalue weighted by Crippen LogP contribution is -1.93. The van der Waals surface area contributed by atoms with Crippen molar-refractivity contribution >= 4 is 6.29 Å². The molecule has 0 radical (unpaired) electrons. The van der Waals surface area contributed by atoms with Crippen LogP contribution >= 0.6 is 0 Å². The minimum atomic E-state index is -0.502. The molecule has 2 rings (SSSR count). The Morgan fingerprint density at radius 2 is 1.88 bits per heavy atom. The van der Waals surface area contributed by atoms with Crippen LogP contribution in [0.4, 0.5) is 4.39 Å². The van der Waals surface area contributed by atoms with E-state index in [0.29, 0.717) is 17.4 Å². The SMILES string of the molecule is N#Cc1cccc(F)c1-c1ccccc1C=O. The van der Waals surface area contributed by atoms with Gasteiger partial charge in [0.2, 0.25) is 0 Å². The van der Waals surface area contributed by atoms with Gasteiger partial charge in [-0.3, -0.25) is 4.79 Å². The van der Waals surface area contributed by atoms with Crippen LogP contribution in [0.1, 0.15) is 15.9 Å². The highest BCUT2D eigenvalue weighted by molar-refractivity contribution is 5.89. The van der Waals surface area contributed by atoms with Crippen molar-refractivity contribution in [3.63, 3.8) is 0 Å². The van der Waals surface area contributed by atoms with E-state index in [0.717, 1.165) is 0 Å². The molecule has 17 heavy (non-hydrogen) atoms. The average molecular weight is 225 g/mol. The third-order valence-corrected chi connectivity index (χ3v) is 2.49. The van der Waals surface area contributed by atoms with Crippen molar-refractivity contribution < 1.29 is 9.18 Å². The van der Waals surface area contributed by atoms with E-state index >= 15 is 0 Å². The summed E-state index contributed by atoms with van der Waals surface area (Å²) in [7, 11) is 0. The second-order valence-electron chi connectivity index (χ2n) is 3.48. The third kappa shape index (κ3) is 1.93. The molecule has 0 aliphatic rings. The Kier molecular flexibility index (Phi) is 2.97.